The number of imidazole rings is 1. The fourth-order valence-corrected chi connectivity index (χ4v) is 1.71. The van der Waals surface area contributed by atoms with Crippen molar-refractivity contribution in [1.82, 2.24) is 9.97 Å². The summed E-state index contributed by atoms with van der Waals surface area (Å²) in [7, 11) is 0. The molecule has 84 valence electrons. The van der Waals surface area contributed by atoms with Gasteiger partial charge in [-0.3, -0.25) is 0 Å². The molecule has 0 aliphatic rings. The molecule has 1 unspecified atom stereocenters. The molecule has 16 heavy (non-hydrogen) atoms. The predicted molar refractivity (Wildman–Crippen MR) is 60.6 cm³/mol. The van der Waals surface area contributed by atoms with Crippen LogP contribution >= 0.6 is 11.6 Å². The molecule has 0 aliphatic heterocycles. The number of nitrogens with one attached hydrogen (secondary N) is 1. The summed E-state index contributed by atoms with van der Waals surface area (Å²) >= 11 is 5.80. The Labute approximate surface area is 97.5 Å². The van der Waals surface area contributed by atoms with Gasteiger partial charge < -0.3 is 10.7 Å². The van der Waals surface area contributed by atoms with Crippen LogP contribution in [0.3, 0.4) is 0 Å². The van der Waals surface area contributed by atoms with Crippen molar-refractivity contribution < 1.29 is 4.39 Å². The quantitative estimate of drug-likeness (QED) is 0.865. The number of H-pyrrole nitrogens is 1. The molecule has 5 heteroatoms. The van der Waals surface area contributed by atoms with E-state index in [9.17, 15) is 4.39 Å². The molecule has 1 atom stereocenters. The van der Waals surface area contributed by atoms with E-state index in [1.54, 1.807) is 18.5 Å². The number of nitrogens with two attached hydrogens (primary N) is 1. The maximum Gasteiger partial charge on any atom is 0.128 e. The third-order valence-corrected chi connectivity index (χ3v) is 2.56. The van der Waals surface area contributed by atoms with Gasteiger partial charge in [-0.2, -0.15) is 0 Å². The largest absolute Gasteiger partial charge is 0.349 e. The van der Waals surface area contributed by atoms with Gasteiger partial charge in [-0.25, -0.2) is 9.37 Å². The number of rotatable bonds is 3. The average molecular weight is 240 g/mol. The smallest absolute Gasteiger partial charge is 0.128 e. The molecule has 0 amide bonds. The van der Waals surface area contributed by atoms with Crippen molar-refractivity contribution in [2.24, 2.45) is 5.73 Å². The van der Waals surface area contributed by atoms with Gasteiger partial charge in [0.05, 0.1) is 0 Å². The molecule has 2 rings (SSSR count). The fourth-order valence-electron chi connectivity index (χ4n) is 1.53. The Morgan fingerprint density at radius 1 is 1.50 bits per heavy atom. The first-order valence-corrected chi connectivity index (χ1v) is 5.23. The standard InChI is InChI=1S/C11H11ClFN3/c12-7-1-2-9(13)8(5-7)10(14)6-11-15-3-4-16-11/h1-5,10H,6,14H2,(H,15,16). The zero-order chi connectivity index (χ0) is 11.5. The van der Waals surface area contributed by atoms with Crippen LogP contribution in [-0.2, 0) is 6.42 Å². The van der Waals surface area contributed by atoms with Crippen LogP contribution in [-0.4, -0.2) is 9.97 Å². The molecule has 2 aromatic rings. The summed E-state index contributed by atoms with van der Waals surface area (Å²) in [4.78, 5) is 6.97. The van der Waals surface area contributed by atoms with E-state index in [2.05, 4.69) is 9.97 Å². The summed E-state index contributed by atoms with van der Waals surface area (Å²) in [6.45, 7) is 0. The van der Waals surface area contributed by atoms with Crippen molar-refractivity contribution in [2.75, 3.05) is 0 Å². The van der Waals surface area contributed by atoms with E-state index in [0.717, 1.165) is 5.82 Å². The van der Waals surface area contributed by atoms with Gasteiger partial charge in [-0.05, 0) is 18.2 Å². The van der Waals surface area contributed by atoms with Gasteiger partial charge in [0.1, 0.15) is 11.6 Å². The molecule has 0 bridgehead atoms. The zero-order valence-electron chi connectivity index (χ0n) is 8.45. The number of benzene rings is 1. The van der Waals surface area contributed by atoms with E-state index in [1.807, 2.05) is 0 Å². The number of aromatic amines is 1. The number of hydrogen-bond acceptors (Lipinski definition) is 2. The van der Waals surface area contributed by atoms with E-state index >= 15 is 0 Å². The van der Waals surface area contributed by atoms with E-state index in [1.165, 1.54) is 12.1 Å². The second-order valence-electron chi connectivity index (χ2n) is 3.51. The Morgan fingerprint density at radius 3 is 3.00 bits per heavy atom. The van der Waals surface area contributed by atoms with Gasteiger partial charge in [0.15, 0.2) is 0 Å². The Bertz CT molecular complexity index is 470. The molecule has 0 fully saturated rings. The van der Waals surface area contributed by atoms with Crippen molar-refractivity contribution in [2.45, 2.75) is 12.5 Å². The van der Waals surface area contributed by atoms with Crippen LogP contribution < -0.4 is 5.73 Å². The van der Waals surface area contributed by atoms with Crippen molar-refractivity contribution in [3.05, 3.63) is 52.8 Å². The minimum absolute atomic E-state index is 0.344. The van der Waals surface area contributed by atoms with E-state index in [0.29, 0.717) is 17.0 Å². The Kier molecular flexibility index (Phi) is 3.22. The lowest BCUT2D eigenvalue weighted by atomic mass is 10.0. The monoisotopic (exact) mass is 239 g/mol. The first-order chi connectivity index (χ1) is 7.66. The van der Waals surface area contributed by atoms with Crippen molar-refractivity contribution in [1.29, 1.82) is 0 Å². The molecule has 3 N–H and O–H groups in total. The SMILES string of the molecule is NC(Cc1ncc[nH]1)c1cc(Cl)ccc1F. The van der Waals surface area contributed by atoms with Gasteiger partial charge in [0.2, 0.25) is 0 Å². The summed E-state index contributed by atoms with van der Waals surface area (Å²) in [6, 6.07) is 3.91. The van der Waals surface area contributed by atoms with Crippen LogP contribution in [0.15, 0.2) is 30.6 Å². The second-order valence-corrected chi connectivity index (χ2v) is 3.95. The third kappa shape index (κ3) is 2.40. The molecule has 1 aromatic carbocycles. The number of halogens is 2. The number of nitrogens with zero attached hydrogens (tertiary/aromatic N) is 1. The molecule has 1 aromatic heterocycles. The Hall–Kier alpha value is -1.39. The van der Waals surface area contributed by atoms with Gasteiger partial charge in [0.25, 0.3) is 0 Å². The van der Waals surface area contributed by atoms with Crippen molar-refractivity contribution >= 4 is 11.6 Å². The summed E-state index contributed by atoms with van der Waals surface area (Å²) in [6.07, 6.45) is 3.79. The van der Waals surface area contributed by atoms with Gasteiger partial charge in [0, 0.05) is 35.4 Å². The highest BCUT2D eigenvalue weighted by molar-refractivity contribution is 6.30. The van der Waals surface area contributed by atoms with Crippen LogP contribution in [0.25, 0.3) is 0 Å². The van der Waals surface area contributed by atoms with Gasteiger partial charge in [-0.15, -0.1) is 0 Å². The number of hydrogen-bond donors (Lipinski definition) is 2. The topological polar surface area (TPSA) is 54.7 Å². The van der Waals surface area contributed by atoms with E-state index in [-0.39, 0.29) is 5.82 Å². The first kappa shape index (κ1) is 11.1. The molecular weight excluding hydrogens is 229 g/mol. The molecular formula is C11H11ClFN3. The molecule has 0 aliphatic carbocycles. The Morgan fingerprint density at radius 2 is 2.31 bits per heavy atom. The maximum atomic E-state index is 13.5. The highest BCUT2D eigenvalue weighted by Crippen LogP contribution is 2.21. The van der Waals surface area contributed by atoms with Crippen molar-refractivity contribution in [3.8, 4) is 0 Å². The van der Waals surface area contributed by atoms with Crippen LogP contribution in [0.1, 0.15) is 17.4 Å². The van der Waals surface area contributed by atoms with Gasteiger partial charge in [-0.1, -0.05) is 11.6 Å². The summed E-state index contributed by atoms with van der Waals surface area (Å²) in [5.41, 5.74) is 6.30. The number of aromatic nitrogens is 2. The summed E-state index contributed by atoms with van der Waals surface area (Å²) in [5.74, 6) is 0.385. The van der Waals surface area contributed by atoms with E-state index in [4.69, 9.17) is 17.3 Å². The Balaban J connectivity index is 2.20. The summed E-state index contributed by atoms with van der Waals surface area (Å²) < 4.78 is 13.5. The third-order valence-electron chi connectivity index (χ3n) is 2.33. The molecule has 0 radical (unpaired) electrons. The second kappa shape index (κ2) is 4.63. The van der Waals surface area contributed by atoms with Crippen molar-refractivity contribution in [3.63, 3.8) is 0 Å². The molecule has 3 nitrogen and oxygen atoms in total. The highest BCUT2D eigenvalue weighted by atomic mass is 35.5. The van der Waals surface area contributed by atoms with E-state index < -0.39 is 6.04 Å². The highest BCUT2D eigenvalue weighted by Gasteiger charge is 2.13. The zero-order valence-corrected chi connectivity index (χ0v) is 9.21. The van der Waals surface area contributed by atoms with Crippen LogP contribution in [0.2, 0.25) is 5.02 Å². The minimum Gasteiger partial charge on any atom is -0.349 e. The molecule has 0 spiro atoms. The summed E-state index contributed by atoms with van der Waals surface area (Å²) in [5, 5.41) is 0.478. The minimum atomic E-state index is -0.454. The normalized spacial score (nSPS) is 12.7. The molecule has 1 heterocycles. The lowest BCUT2D eigenvalue weighted by molar-refractivity contribution is 0.576. The molecule has 0 saturated carbocycles. The lowest BCUT2D eigenvalue weighted by Crippen LogP contribution is -2.15. The van der Waals surface area contributed by atoms with Crippen LogP contribution in [0.5, 0.6) is 0 Å². The fraction of sp³-hybridized carbons (Fsp3) is 0.182. The lowest BCUT2D eigenvalue weighted by Gasteiger charge is -2.11. The van der Waals surface area contributed by atoms with Crippen LogP contribution in [0.4, 0.5) is 4.39 Å². The van der Waals surface area contributed by atoms with Gasteiger partial charge >= 0.3 is 0 Å². The predicted octanol–water partition coefficient (Wildman–Crippen LogP) is 2.44. The van der Waals surface area contributed by atoms with Crippen LogP contribution in [0, 0.1) is 5.82 Å². The maximum absolute atomic E-state index is 13.5. The average Bonchev–Trinajstić information content (AvgIpc) is 2.74. The first-order valence-electron chi connectivity index (χ1n) is 4.85. The molecule has 0 saturated heterocycles.